The highest BCUT2D eigenvalue weighted by atomic mass is 35.5. The van der Waals surface area contributed by atoms with Gasteiger partial charge >= 0.3 is 5.97 Å². The van der Waals surface area contributed by atoms with E-state index in [1.807, 2.05) is 13.0 Å². The van der Waals surface area contributed by atoms with Crippen molar-refractivity contribution in [3.8, 4) is 17.2 Å². The van der Waals surface area contributed by atoms with Crippen LogP contribution in [0.25, 0.3) is 0 Å². The second-order valence-corrected chi connectivity index (χ2v) is 5.75. The largest absolute Gasteiger partial charge is 0.493 e. The average Bonchev–Trinajstić information content (AvgIpc) is 2.51. The van der Waals surface area contributed by atoms with Gasteiger partial charge in [0.25, 0.3) is 0 Å². The second-order valence-electron chi connectivity index (χ2n) is 4.91. The summed E-state index contributed by atoms with van der Waals surface area (Å²) in [7, 11) is 1.51. The van der Waals surface area contributed by atoms with Crippen LogP contribution in [0.1, 0.15) is 12.5 Å². The lowest BCUT2D eigenvalue weighted by atomic mass is 10.2. The number of rotatable bonds is 5. The minimum absolute atomic E-state index is 0.324. The van der Waals surface area contributed by atoms with Crippen molar-refractivity contribution in [3.05, 3.63) is 52.0 Å². The van der Waals surface area contributed by atoms with Crippen molar-refractivity contribution in [2.45, 2.75) is 20.0 Å². The number of aryl methyl sites for hydroxylation is 1. The van der Waals surface area contributed by atoms with Crippen LogP contribution < -0.4 is 14.2 Å². The molecule has 0 aromatic heterocycles. The van der Waals surface area contributed by atoms with Crippen molar-refractivity contribution >= 4 is 29.2 Å². The average molecular weight is 355 g/mol. The van der Waals surface area contributed by atoms with E-state index in [9.17, 15) is 4.79 Å². The number of carbonyl (C=O) groups is 1. The van der Waals surface area contributed by atoms with Gasteiger partial charge in [-0.2, -0.15) is 0 Å². The Morgan fingerprint density at radius 3 is 2.39 bits per heavy atom. The van der Waals surface area contributed by atoms with E-state index in [4.69, 9.17) is 37.4 Å². The summed E-state index contributed by atoms with van der Waals surface area (Å²) >= 11 is 11.8. The fraction of sp³-hybridized carbons (Fsp3) is 0.235. The fourth-order valence-corrected chi connectivity index (χ4v) is 2.31. The van der Waals surface area contributed by atoms with Crippen LogP contribution in [-0.2, 0) is 4.79 Å². The molecule has 0 amide bonds. The van der Waals surface area contributed by atoms with Crippen LogP contribution in [0, 0.1) is 6.92 Å². The molecule has 0 aliphatic heterocycles. The van der Waals surface area contributed by atoms with Crippen LogP contribution in [0.5, 0.6) is 17.2 Å². The van der Waals surface area contributed by atoms with E-state index in [0.29, 0.717) is 27.3 Å². The van der Waals surface area contributed by atoms with Crippen molar-refractivity contribution in [2.75, 3.05) is 7.11 Å². The highest BCUT2D eigenvalue weighted by Gasteiger charge is 2.20. The van der Waals surface area contributed by atoms with E-state index in [-0.39, 0.29) is 0 Å². The standard InChI is InChI=1S/C17H16Cl2O4/c1-10-4-6-15(16(8-10)21-3)23-17(20)11(2)22-14-7-5-12(18)9-13(14)19/h4-9,11H,1-3H3. The monoisotopic (exact) mass is 354 g/mol. The summed E-state index contributed by atoms with van der Waals surface area (Å²) in [6.45, 7) is 3.50. The van der Waals surface area contributed by atoms with E-state index in [2.05, 4.69) is 0 Å². The quantitative estimate of drug-likeness (QED) is 0.577. The van der Waals surface area contributed by atoms with Crippen molar-refractivity contribution < 1.29 is 19.0 Å². The smallest absolute Gasteiger partial charge is 0.352 e. The first kappa shape index (κ1) is 17.4. The van der Waals surface area contributed by atoms with Crippen LogP contribution in [0.2, 0.25) is 10.0 Å². The van der Waals surface area contributed by atoms with Crippen LogP contribution in [-0.4, -0.2) is 19.2 Å². The molecule has 0 heterocycles. The predicted molar refractivity (Wildman–Crippen MR) is 89.9 cm³/mol. The summed E-state index contributed by atoms with van der Waals surface area (Å²) in [4.78, 5) is 12.2. The van der Waals surface area contributed by atoms with Gasteiger partial charge in [-0.15, -0.1) is 0 Å². The molecule has 0 aliphatic carbocycles. The van der Waals surface area contributed by atoms with E-state index in [1.54, 1.807) is 37.3 Å². The van der Waals surface area contributed by atoms with E-state index < -0.39 is 12.1 Å². The molecule has 0 saturated heterocycles. The van der Waals surface area contributed by atoms with Crippen molar-refractivity contribution in [1.29, 1.82) is 0 Å². The van der Waals surface area contributed by atoms with Crippen molar-refractivity contribution in [1.82, 2.24) is 0 Å². The maximum absolute atomic E-state index is 12.2. The van der Waals surface area contributed by atoms with Gasteiger partial charge in [-0.1, -0.05) is 29.3 Å². The first-order valence-electron chi connectivity index (χ1n) is 6.88. The van der Waals surface area contributed by atoms with Crippen LogP contribution >= 0.6 is 23.2 Å². The zero-order valence-corrected chi connectivity index (χ0v) is 14.4. The van der Waals surface area contributed by atoms with Crippen LogP contribution in [0.15, 0.2) is 36.4 Å². The number of carbonyl (C=O) groups excluding carboxylic acids is 1. The maximum atomic E-state index is 12.2. The summed E-state index contributed by atoms with van der Waals surface area (Å²) in [5.74, 6) is 0.616. The topological polar surface area (TPSA) is 44.8 Å². The molecule has 122 valence electrons. The highest BCUT2D eigenvalue weighted by Crippen LogP contribution is 2.30. The number of ether oxygens (including phenoxy) is 3. The van der Waals surface area contributed by atoms with Crippen LogP contribution in [0.4, 0.5) is 0 Å². The van der Waals surface area contributed by atoms with E-state index >= 15 is 0 Å². The molecular formula is C17H16Cl2O4. The molecule has 0 bridgehead atoms. The molecule has 4 nitrogen and oxygen atoms in total. The molecule has 0 fully saturated rings. The summed E-state index contributed by atoms with van der Waals surface area (Å²) in [5.41, 5.74) is 0.999. The number of esters is 1. The third-order valence-electron chi connectivity index (χ3n) is 3.06. The third-order valence-corrected chi connectivity index (χ3v) is 3.59. The Balaban J connectivity index is 2.08. The summed E-state index contributed by atoms with van der Waals surface area (Å²) in [6.07, 6.45) is -0.848. The molecule has 23 heavy (non-hydrogen) atoms. The van der Waals surface area contributed by atoms with Gasteiger partial charge in [0.05, 0.1) is 12.1 Å². The van der Waals surface area contributed by atoms with Gasteiger partial charge in [0, 0.05) is 5.02 Å². The normalized spacial score (nSPS) is 11.7. The predicted octanol–water partition coefficient (Wildman–Crippen LogP) is 4.68. The summed E-state index contributed by atoms with van der Waals surface area (Å²) < 4.78 is 16.1. The molecule has 0 saturated carbocycles. The molecular weight excluding hydrogens is 339 g/mol. The van der Waals surface area contributed by atoms with Gasteiger partial charge in [-0.3, -0.25) is 0 Å². The minimum atomic E-state index is -0.848. The Labute approximate surface area is 144 Å². The van der Waals surface area contributed by atoms with Gasteiger partial charge in [-0.05, 0) is 49.7 Å². The number of benzene rings is 2. The molecule has 0 radical (unpaired) electrons. The molecule has 0 aliphatic rings. The number of hydrogen-bond donors (Lipinski definition) is 0. The summed E-state index contributed by atoms with van der Waals surface area (Å²) in [6, 6.07) is 10.1. The minimum Gasteiger partial charge on any atom is -0.493 e. The Hall–Kier alpha value is -1.91. The molecule has 2 rings (SSSR count). The third kappa shape index (κ3) is 4.53. The van der Waals surface area contributed by atoms with Gasteiger partial charge in [-0.25, -0.2) is 4.79 Å². The zero-order valence-electron chi connectivity index (χ0n) is 12.9. The lowest BCUT2D eigenvalue weighted by Crippen LogP contribution is -2.28. The Morgan fingerprint density at radius 1 is 1.04 bits per heavy atom. The molecule has 2 aromatic carbocycles. The molecule has 1 atom stereocenters. The van der Waals surface area contributed by atoms with Gasteiger partial charge in [0.15, 0.2) is 17.6 Å². The number of methoxy groups -OCH3 is 1. The Kier molecular flexibility index (Phi) is 5.74. The number of halogens is 2. The van der Waals surface area contributed by atoms with Gasteiger partial charge in [0.2, 0.25) is 0 Å². The number of hydrogen-bond acceptors (Lipinski definition) is 4. The molecule has 0 spiro atoms. The SMILES string of the molecule is COc1cc(C)ccc1OC(=O)C(C)Oc1ccc(Cl)cc1Cl. The molecule has 1 unspecified atom stereocenters. The van der Waals surface area contributed by atoms with Crippen LogP contribution in [0.3, 0.4) is 0 Å². The first-order chi connectivity index (χ1) is 10.9. The maximum Gasteiger partial charge on any atom is 0.352 e. The Morgan fingerprint density at radius 2 is 1.74 bits per heavy atom. The first-order valence-corrected chi connectivity index (χ1v) is 7.64. The lowest BCUT2D eigenvalue weighted by Gasteiger charge is -2.16. The molecule has 2 aromatic rings. The highest BCUT2D eigenvalue weighted by molar-refractivity contribution is 6.35. The zero-order chi connectivity index (χ0) is 17.0. The summed E-state index contributed by atoms with van der Waals surface area (Å²) in [5, 5.41) is 0.812. The fourth-order valence-electron chi connectivity index (χ4n) is 1.86. The second kappa shape index (κ2) is 7.57. The lowest BCUT2D eigenvalue weighted by molar-refractivity contribution is -0.141. The molecule has 0 N–H and O–H groups in total. The van der Waals surface area contributed by atoms with E-state index in [0.717, 1.165) is 5.56 Å². The molecule has 6 heteroatoms. The van der Waals surface area contributed by atoms with Gasteiger partial charge in [0.1, 0.15) is 5.75 Å². The van der Waals surface area contributed by atoms with Crippen molar-refractivity contribution in [3.63, 3.8) is 0 Å². The Bertz CT molecular complexity index is 716. The van der Waals surface area contributed by atoms with Gasteiger partial charge < -0.3 is 14.2 Å². The van der Waals surface area contributed by atoms with E-state index in [1.165, 1.54) is 7.11 Å². The van der Waals surface area contributed by atoms with Crippen molar-refractivity contribution in [2.24, 2.45) is 0 Å².